The lowest BCUT2D eigenvalue weighted by atomic mass is 10.1. The first-order chi connectivity index (χ1) is 9.16. The van der Waals surface area contributed by atoms with E-state index in [1.165, 1.54) is 12.8 Å². The SMILES string of the molecule is O=S(=O)(N1CCCCCC1)N1CCCC1CCCBr. The van der Waals surface area contributed by atoms with Gasteiger partial charge in [-0.2, -0.15) is 17.0 Å². The van der Waals surface area contributed by atoms with Gasteiger partial charge in [0.15, 0.2) is 0 Å². The van der Waals surface area contributed by atoms with Crippen molar-refractivity contribution in [2.24, 2.45) is 0 Å². The van der Waals surface area contributed by atoms with E-state index in [-0.39, 0.29) is 6.04 Å². The van der Waals surface area contributed by atoms with Crippen LogP contribution in [-0.2, 0) is 10.2 Å². The van der Waals surface area contributed by atoms with Gasteiger partial charge in [-0.25, -0.2) is 0 Å². The lowest BCUT2D eigenvalue weighted by Gasteiger charge is -2.30. The largest absolute Gasteiger partial charge is 0.282 e. The summed E-state index contributed by atoms with van der Waals surface area (Å²) in [5.74, 6) is 0. The van der Waals surface area contributed by atoms with Gasteiger partial charge in [0.2, 0.25) is 0 Å². The Balaban J connectivity index is 2.04. The van der Waals surface area contributed by atoms with Gasteiger partial charge in [0.1, 0.15) is 0 Å². The summed E-state index contributed by atoms with van der Waals surface area (Å²) in [4.78, 5) is 0. The Morgan fingerprint density at radius 1 is 1.00 bits per heavy atom. The maximum atomic E-state index is 12.8. The summed E-state index contributed by atoms with van der Waals surface area (Å²) in [5.41, 5.74) is 0. The third-order valence-electron chi connectivity index (χ3n) is 4.18. The van der Waals surface area contributed by atoms with Gasteiger partial charge in [-0.15, -0.1) is 0 Å². The molecule has 0 saturated carbocycles. The number of halogens is 1. The molecule has 2 aliphatic heterocycles. The lowest BCUT2D eigenvalue weighted by molar-refractivity contribution is 0.318. The number of hydrogen-bond donors (Lipinski definition) is 0. The molecule has 0 spiro atoms. The molecule has 0 aromatic rings. The predicted octanol–water partition coefficient (Wildman–Crippen LogP) is 2.75. The second-order valence-corrected chi connectivity index (χ2v) is 8.23. The Morgan fingerprint density at radius 2 is 1.68 bits per heavy atom. The molecule has 2 fully saturated rings. The fraction of sp³-hybridized carbons (Fsp3) is 1.00. The standard InChI is InChI=1S/C13H25BrN2O2S/c14-9-5-7-13-8-6-12-16(13)19(17,18)15-10-3-1-2-4-11-15/h13H,1-12H2. The van der Waals surface area contributed by atoms with Crippen LogP contribution in [0.4, 0.5) is 0 Å². The van der Waals surface area contributed by atoms with Gasteiger partial charge in [0.25, 0.3) is 10.2 Å². The van der Waals surface area contributed by atoms with E-state index in [0.29, 0.717) is 19.6 Å². The second kappa shape index (κ2) is 7.38. The Kier molecular flexibility index (Phi) is 6.11. The molecule has 0 radical (unpaired) electrons. The summed E-state index contributed by atoms with van der Waals surface area (Å²) in [6.07, 6.45) is 8.44. The molecule has 2 heterocycles. The van der Waals surface area contributed by atoms with E-state index in [2.05, 4.69) is 15.9 Å². The number of hydrogen-bond acceptors (Lipinski definition) is 2. The Hall–Kier alpha value is 0.350. The van der Waals surface area contributed by atoms with Gasteiger partial charge >= 0.3 is 0 Å². The summed E-state index contributed by atoms with van der Waals surface area (Å²) in [6, 6.07) is 0.228. The highest BCUT2D eigenvalue weighted by Gasteiger charge is 2.37. The Morgan fingerprint density at radius 3 is 2.32 bits per heavy atom. The van der Waals surface area contributed by atoms with E-state index in [0.717, 1.165) is 43.9 Å². The highest BCUT2D eigenvalue weighted by atomic mass is 79.9. The van der Waals surface area contributed by atoms with E-state index < -0.39 is 10.2 Å². The average Bonchev–Trinajstić information content (AvgIpc) is 2.69. The van der Waals surface area contributed by atoms with Crippen LogP contribution in [0, 0.1) is 0 Å². The Bertz CT molecular complexity index is 367. The van der Waals surface area contributed by atoms with Crippen LogP contribution in [0.15, 0.2) is 0 Å². The van der Waals surface area contributed by atoms with Crippen molar-refractivity contribution in [1.82, 2.24) is 8.61 Å². The molecule has 2 aliphatic rings. The van der Waals surface area contributed by atoms with E-state index in [9.17, 15) is 8.42 Å². The van der Waals surface area contributed by atoms with Gasteiger partial charge in [0, 0.05) is 31.0 Å². The topological polar surface area (TPSA) is 40.6 Å². The van der Waals surface area contributed by atoms with E-state index >= 15 is 0 Å². The molecule has 0 amide bonds. The molecule has 4 nitrogen and oxygen atoms in total. The molecule has 0 N–H and O–H groups in total. The summed E-state index contributed by atoms with van der Waals surface area (Å²) in [5, 5.41) is 0.959. The zero-order chi connectivity index (χ0) is 13.7. The van der Waals surface area contributed by atoms with Crippen LogP contribution in [0.25, 0.3) is 0 Å². The van der Waals surface area contributed by atoms with Crippen LogP contribution in [0.3, 0.4) is 0 Å². The van der Waals surface area contributed by atoms with Crippen molar-refractivity contribution in [1.29, 1.82) is 0 Å². The third kappa shape index (κ3) is 3.93. The van der Waals surface area contributed by atoms with Crippen molar-refractivity contribution in [3.8, 4) is 0 Å². The zero-order valence-corrected chi connectivity index (χ0v) is 14.0. The van der Waals surface area contributed by atoms with Crippen molar-refractivity contribution in [2.75, 3.05) is 25.0 Å². The number of nitrogens with zero attached hydrogens (tertiary/aromatic N) is 2. The fourth-order valence-corrected chi connectivity index (χ4v) is 5.42. The molecule has 19 heavy (non-hydrogen) atoms. The smallest absolute Gasteiger partial charge is 0.195 e. The van der Waals surface area contributed by atoms with Gasteiger partial charge in [-0.1, -0.05) is 28.8 Å². The molecule has 1 unspecified atom stereocenters. The molecular formula is C13H25BrN2O2S. The van der Waals surface area contributed by atoms with Crippen LogP contribution in [0.5, 0.6) is 0 Å². The van der Waals surface area contributed by atoms with Crippen molar-refractivity contribution < 1.29 is 8.42 Å². The summed E-state index contributed by atoms with van der Waals surface area (Å²) >= 11 is 3.44. The molecule has 2 rings (SSSR count). The minimum atomic E-state index is -3.21. The first-order valence-corrected chi connectivity index (χ1v) is 10.0. The first kappa shape index (κ1) is 15.7. The highest BCUT2D eigenvalue weighted by molar-refractivity contribution is 9.09. The minimum Gasteiger partial charge on any atom is -0.195 e. The quantitative estimate of drug-likeness (QED) is 0.713. The Labute approximate surface area is 125 Å². The van der Waals surface area contributed by atoms with E-state index in [1.807, 2.05) is 0 Å². The maximum Gasteiger partial charge on any atom is 0.282 e. The molecule has 112 valence electrons. The molecule has 0 aliphatic carbocycles. The summed E-state index contributed by atoms with van der Waals surface area (Å²) < 4.78 is 29.0. The fourth-order valence-electron chi connectivity index (χ4n) is 3.13. The molecule has 0 bridgehead atoms. The molecule has 0 aromatic heterocycles. The lowest BCUT2D eigenvalue weighted by Crippen LogP contribution is -2.46. The van der Waals surface area contributed by atoms with Gasteiger partial charge in [-0.05, 0) is 38.5 Å². The molecule has 6 heteroatoms. The molecule has 0 aromatic carbocycles. The zero-order valence-electron chi connectivity index (χ0n) is 11.6. The average molecular weight is 353 g/mol. The monoisotopic (exact) mass is 352 g/mol. The van der Waals surface area contributed by atoms with Gasteiger partial charge in [0.05, 0.1) is 0 Å². The predicted molar refractivity (Wildman–Crippen MR) is 81.7 cm³/mol. The highest BCUT2D eigenvalue weighted by Crippen LogP contribution is 2.27. The minimum absolute atomic E-state index is 0.228. The van der Waals surface area contributed by atoms with Crippen molar-refractivity contribution in [3.05, 3.63) is 0 Å². The molecular weight excluding hydrogens is 328 g/mol. The van der Waals surface area contributed by atoms with Gasteiger partial charge < -0.3 is 0 Å². The molecule has 2 saturated heterocycles. The summed E-state index contributed by atoms with van der Waals surface area (Å²) in [6.45, 7) is 2.14. The van der Waals surface area contributed by atoms with Crippen LogP contribution in [-0.4, -0.2) is 48.0 Å². The third-order valence-corrected chi connectivity index (χ3v) is 6.83. The number of alkyl halides is 1. The maximum absolute atomic E-state index is 12.8. The van der Waals surface area contributed by atoms with Gasteiger partial charge in [-0.3, -0.25) is 0 Å². The van der Waals surface area contributed by atoms with Crippen LogP contribution >= 0.6 is 15.9 Å². The van der Waals surface area contributed by atoms with Crippen molar-refractivity contribution in [2.45, 2.75) is 57.4 Å². The second-order valence-electron chi connectivity index (χ2n) is 5.56. The first-order valence-electron chi connectivity index (χ1n) is 7.49. The van der Waals surface area contributed by atoms with Crippen molar-refractivity contribution in [3.63, 3.8) is 0 Å². The number of rotatable bonds is 5. The van der Waals surface area contributed by atoms with Crippen LogP contribution in [0.1, 0.15) is 51.4 Å². The van der Waals surface area contributed by atoms with Crippen molar-refractivity contribution >= 4 is 26.1 Å². The van der Waals surface area contributed by atoms with E-state index in [1.54, 1.807) is 8.61 Å². The van der Waals surface area contributed by atoms with Crippen LogP contribution in [0.2, 0.25) is 0 Å². The molecule has 1 atom stereocenters. The van der Waals surface area contributed by atoms with Crippen LogP contribution < -0.4 is 0 Å². The normalized spacial score (nSPS) is 27.5. The summed E-state index contributed by atoms with van der Waals surface area (Å²) in [7, 11) is -3.21. The van der Waals surface area contributed by atoms with E-state index in [4.69, 9.17) is 0 Å².